The van der Waals surface area contributed by atoms with Gasteiger partial charge < -0.3 is 15.3 Å². The van der Waals surface area contributed by atoms with E-state index in [1.807, 2.05) is 36.1 Å². The van der Waals surface area contributed by atoms with Crippen LogP contribution in [0.15, 0.2) is 24.3 Å². The summed E-state index contributed by atoms with van der Waals surface area (Å²) < 4.78 is 23.5. The molecule has 0 unspecified atom stereocenters. The Labute approximate surface area is 147 Å². The maximum absolute atomic E-state index is 11.8. The first-order chi connectivity index (χ1) is 11.3. The molecule has 2 N–H and O–H groups in total. The number of thiocarbonyl (C=S) groups is 1. The van der Waals surface area contributed by atoms with Crippen molar-refractivity contribution < 1.29 is 18.3 Å². The SMILES string of the molecule is Cc1ccc(NC(=S)N(CCCC(=O)O)[C@@H]2CCS(=O)(=O)C2)cc1. The molecule has 1 aromatic rings. The highest BCUT2D eigenvalue weighted by Crippen LogP contribution is 2.20. The molecule has 8 heteroatoms. The van der Waals surface area contributed by atoms with E-state index in [0.717, 1.165) is 11.3 Å². The molecule has 24 heavy (non-hydrogen) atoms. The zero-order chi connectivity index (χ0) is 17.7. The lowest BCUT2D eigenvalue weighted by molar-refractivity contribution is -0.137. The Hall–Kier alpha value is -1.67. The number of benzene rings is 1. The van der Waals surface area contributed by atoms with Gasteiger partial charge in [0.05, 0.1) is 11.5 Å². The van der Waals surface area contributed by atoms with E-state index in [0.29, 0.717) is 24.5 Å². The summed E-state index contributed by atoms with van der Waals surface area (Å²) in [6.07, 6.45) is 0.968. The predicted octanol–water partition coefficient (Wildman–Crippen LogP) is 2.05. The molecular weight excluding hydrogens is 348 g/mol. The van der Waals surface area contributed by atoms with Gasteiger partial charge in [-0.2, -0.15) is 0 Å². The molecule has 0 amide bonds. The smallest absolute Gasteiger partial charge is 0.303 e. The fraction of sp³-hybridized carbons (Fsp3) is 0.500. The summed E-state index contributed by atoms with van der Waals surface area (Å²) in [6, 6.07) is 7.53. The summed E-state index contributed by atoms with van der Waals surface area (Å²) in [5.74, 6) is -0.651. The molecule has 1 heterocycles. The van der Waals surface area contributed by atoms with Crippen molar-refractivity contribution in [2.24, 2.45) is 0 Å². The van der Waals surface area contributed by atoms with Crippen LogP contribution < -0.4 is 5.32 Å². The van der Waals surface area contributed by atoms with E-state index in [2.05, 4.69) is 5.32 Å². The quantitative estimate of drug-likeness (QED) is 0.741. The van der Waals surface area contributed by atoms with E-state index in [4.69, 9.17) is 17.3 Å². The van der Waals surface area contributed by atoms with Crippen molar-refractivity contribution in [3.63, 3.8) is 0 Å². The fourth-order valence-corrected chi connectivity index (χ4v) is 4.79. The van der Waals surface area contributed by atoms with E-state index >= 15 is 0 Å². The summed E-state index contributed by atoms with van der Waals surface area (Å²) in [4.78, 5) is 12.6. The van der Waals surface area contributed by atoms with E-state index in [-0.39, 0.29) is 24.0 Å². The van der Waals surface area contributed by atoms with Crippen LogP contribution in [0.4, 0.5) is 5.69 Å². The third-order valence-corrected chi connectivity index (χ3v) is 6.09. The van der Waals surface area contributed by atoms with Crippen LogP contribution in [0.3, 0.4) is 0 Å². The van der Waals surface area contributed by atoms with Crippen LogP contribution in [-0.4, -0.2) is 53.6 Å². The molecule has 0 aliphatic carbocycles. The Morgan fingerprint density at radius 1 is 1.38 bits per heavy atom. The largest absolute Gasteiger partial charge is 0.481 e. The second-order valence-corrected chi connectivity index (χ2v) is 8.66. The summed E-state index contributed by atoms with van der Waals surface area (Å²) in [6.45, 7) is 2.41. The van der Waals surface area contributed by atoms with Crippen molar-refractivity contribution >= 4 is 38.8 Å². The zero-order valence-corrected chi connectivity index (χ0v) is 15.2. The summed E-state index contributed by atoms with van der Waals surface area (Å²) in [5.41, 5.74) is 1.96. The Morgan fingerprint density at radius 3 is 2.58 bits per heavy atom. The molecule has 0 bridgehead atoms. The molecule has 2 rings (SSSR count). The molecule has 1 aliphatic heterocycles. The summed E-state index contributed by atoms with van der Waals surface area (Å²) in [5, 5.41) is 12.4. The lowest BCUT2D eigenvalue weighted by Gasteiger charge is -2.31. The van der Waals surface area contributed by atoms with Crippen LogP contribution in [-0.2, 0) is 14.6 Å². The average Bonchev–Trinajstić information content (AvgIpc) is 2.85. The van der Waals surface area contributed by atoms with Gasteiger partial charge in [0, 0.05) is 24.7 Å². The third kappa shape index (κ3) is 5.45. The first-order valence-corrected chi connectivity index (χ1v) is 10.1. The van der Waals surface area contributed by atoms with Crippen LogP contribution in [0, 0.1) is 6.92 Å². The van der Waals surface area contributed by atoms with Gasteiger partial charge in [0.25, 0.3) is 0 Å². The second-order valence-electron chi connectivity index (χ2n) is 6.04. The van der Waals surface area contributed by atoms with Crippen LogP contribution in [0.1, 0.15) is 24.8 Å². The second kappa shape index (κ2) is 7.94. The van der Waals surface area contributed by atoms with E-state index < -0.39 is 15.8 Å². The van der Waals surface area contributed by atoms with Crippen LogP contribution in [0.5, 0.6) is 0 Å². The Bertz CT molecular complexity index is 701. The van der Waals surface area contributed by atoms with Crippen LogP contribution >= 0.6 is 12.2 Å². The maximum atomic E-state index is 11.8. The van der Waals surface area contributed by atoms with Crippen molar-refractivity contribution in [3.05, 3.63) is 29.8 Å². The van der Waals surface area contributed by atoms with E-state index in [1.54, 1.807) is 0 Å². The molecule has 1 fully saturated rings. The minimum Gasteiger partial charge on any atom is -0.481 e. The van der Waals surface area contributed by atoms with Gasteiger partial charge in [-0.1, -0.05) is 17.7 Å². The number of aliphatic carboxylic acids is 1. The highest BCUT2D eigenvalue weighted by Gasteiger charge is 2.33. The van der Waals surface area contributed by atoms with Gasteiger partial charge in [-0.3, -0.25) is 4.79 Å². The molecule has 0 saturated carbocycles. The third-order valence-electron chi connectivity index (χ3n) is 4.00. The number of rotatable bonds is 6. The highest BCUT2D eigenvalue weighted by atomic mass is 32.2. The molecular formula is C16H22N2O4S2. The fourth-order valence-electron chi connectivity index (χ4n) is 2.70. The van der Waals surface area contributed by atoms with Gasteiger partial charge in [0.15, 0.2) is 14.9 Å². The number of nitrogens with zero attached hydrogens (tertiary/aromatic N) is 1. The Morgan fingerprint density at radius 2 is 2.04 bits per heavy atom. The lowest BCUT2D eigenvalue weighted by Crippen LogP contribution is -2.44. The minimum atomic E-state index is -3.04. The lowest BCUT2D eigenvalue weighted by atomic mass is 10.2. The molecule has 0 spiro atoms. The molecule has 1 aromatic carbocycles. The van der Waals surface area contributed by atoms with Gasteiger partial charge in [-0.25, -0.2) is 8.42 Å². The number of anilines is 1. The van der Waals surface area contributed by atoms with Crippen LogP contribution in [0.25, 0.3) is 0 Å². The molecule has 0 radical (unpaired) electrons. The first-order valence-electron chi connectivity index (χ1n) is 7.83. The molecule has 0 aromatic heterocycles. The number of aryl methyl sites for hydroxylation is 1. The van der Waals surface area contributed by atoms with Crippen LogP contribution in [0.2, 0.25) is 0 Å². The summed E-state index contributed by atoms with van der Waals surface area (Å²) in [7, 11) is -3.04. The number of hydrogen-bond acceptors (Lipinski definition) is 4. The van der Waals surface area contributed by atoms with Gasteiger partial charge in [-0.15, -0.1) is 0 Å². The van der Waals surface area contributed by atoms with Gasteiger partial charge in [0.2, 0.25) is 0 Å². The molecule has 1 atom stereocenters. The molecule has 6 nitrogen and oxygen atoms in total. The number of nitrogens with one attached hydrogen (secondary N) is 1. The molecule has 1 saturated heterocycles. The van der Waals surface area contributed by atoms with Crippen molar-refractivity contribution in [3.8, 4) is 0 Å². The van der Waals surface area contributed by atoms with Crippen molar-refractivity contribution in [1.29, 1.82) is 0 Å². The predicted molar refractivity (Wildman–Crippen MR) is 98.0 cm³/mol. The molecule has 1 aliphatic rings. The zero-order valence-electron chi connectivity index (χ0n) is 13.6. The van der Waals surface area contributed by atoms with Crippen molar-refractivity contribution in [1.82, 2.24) is 4.90 Å². The van der Waals surface area contributed by atoms with Gasteiger partial charge in [-0.05, 0) is 44.1 Å². The number of hydrogen-bond donors (Lipinski definition) is 2. The number of carboxylic acids is 1. The topological polar surface area (TPSA) is 86.7 Å². The molecule has 132 valence electrons. The number of sulfone groups is 1. The van der Waals surface area contributed by atoms with Crippen molar-refractivity contribution in [2.45, 2.75) is 32.2 Å². The monoisotopic (exact) mass is 370 g/mol. The van der Waals surface area contributed by atoms with Crippen molar-refractivity contribution in [2.75, 3.05) is 23.4 Å². The Balaban J connectivity index is 2.07. The number of carboxylic acid groups (broad SMARTS) is 1. The van der Waals surface area contributed by atoms with Gasteiger partial charge >= 0.3 is 5.97 Å². The number of carbonyl (C=O) groups is 1. The van der Waals surface area contributed by atoms with E-state index in [1.165, 1.54) is 0 Å². The van der Waals surface area contributed by atoms with E-state index in [9.17, 15) is 13.2 Å². The Kier molecular flexibility index (Phi) is 6.17. The normalized spacial score (nSPS) is 19.0. The standard InChI is InChI=1S/C16H22N2O4S2/c1-12-4-6-13(7-5-12)17-16(23)18(9-2-3-15(19)20)14-8-10-24(21,22)11-14/h4-7,14H,2-3,8-11H2,1H3,(H,17,23)(H,19,20)/t14-/m1/s1. The maximum Gasteiger partial charge on any atom is 0.303 e. The highest BCUT2D eigenvalue weighted by molar-refractivity contribution is 7.91. The minimum absolute atomic E-state index is 0.0309. The average molecular weight is 370 g/mol. The first kappa shape index (κ1) is 18.7. The van der Waals surface area contributed by atoms with Gasteiger partial charge in [0.1, 0.15) is 0 Å². The summed E-state index contributed by atoms with van der Waals surface area (Å²) >= 11 is 5.45.